The minimum Gasteiger partial charge on any atom is -0.341 e. The number of hydrogen-bond acceptors (Lipinski definition) is 3. The Hall–Kier alpha value is -0.610. The number of rotatable bonds is 4. The second-order valence-electron chi connectivity index (χ2n) is 6.18. The first-order chi connectivity index (χ1) is 9.22. The molecule has 2 atom stereocenters. The lowest BCUT2D eigenvalue weighted by Crippen LogP contribution is -2.39. The fourth-order valence-electron chi connectivity index (χ4n) is 3.48. The summed E-state index contributed by atoms with van der Waals surface area (Å²) in [5.41, 5.74) is 5.57. The Labute approximate surface area is 117 Å². The van der Waals surface area contributed by atoms with Crippen LogP contribution in [0, 0.1) is 11.8 Å². The minimum atomic E-state index is 0.301. The van der Waals surface area contributed by atoms with Crippen molar-refractivity contribution in [3.8, 4) is 0 Å². The van der Waals surface area contributed by atoms with E-state index < -0.39 is 0 Å². The van der Waals surface area contributed by atoms with E-state index in [4.69, 9.17) is 5.73 Å². The van der Waals surface area contributed by atoms with Gasteiger partial charge in [0.15, 0.2) is 0 Å². The van der Waals surface area contributed by atoms with Crippen molar-refractivity contribution in [1.82, 2.24) is 9.80 Å². The predicted molar refractivity (Wildman–Crippen MR) is 77.8 cm³/mol. The quantitative estimate of drug-likeness (QED) is 0.835. The summed E-state index contributed by atoms with van der Waals surface area (Å²) < 4.78 is 0. The molecule has 1 saturated heterocycles. The number of amides is 1. The smallest absolute Gasteiger partial charge is 0.225 e. The maximum Gasteiger partial charge on any atom is 0.225 e. The van der Waals surface area contributed by atoms with E-state index in [0.29, 0.717) is 17.7 Å². The molecule has 110 valence electrons. The van der Waals surface area contributed by atoms with Crippen molar-refractivity contribution in [2.24, 2.45) is 17.6 Å². The van der Waals surface area contributed by atoms with Crippen LogP contribution in [0.15, 0.2) is 0 Å². The first-order valence-corrected chi connectivity index (χ1v) is 7.93. The third-order valence-corrected chi connectivity index (χ3v) is 4.76. The van der Waals surface area contributed by atoms with E-state index in [1.165, 1.54) is 12.8 Å². The van der Waals surface area contributed by atoms with E-state index in [1.54, 1.807) is 0 Å². The Kier molecular flexibility index (Phi) is 5.64. The van der Waals surface area contributed by atoms with Gasteiger partial charge in [-0.3, -0.25) is 4.79 Å². The van der Waals surface area contributed by atoms with Gasteiger partial charge in [0.25, 0.3) is 0 Å². The van der Waals surface area contributed by atoms with Crippen LogP contribution < -0.4 is 5.73 Å². The van der Waals surface area contributed by atoms with Crippen molar-refractivity contribution in [3.63, 3.8) is 0 Å². The SMILES string of the molecule is CC1CCCC1C(=O)N1CCCN(CCCN)CC1. The molecule has 2 unspecified atom stereocenters. The van der Waals surface area contributed by atoms with Crippen molar-refractivity contribution in [1.29, 1.82) is 0 Å². The van der Waals surface area contributed by atoms with Crippen molar-refractivity contribution < 1.29 is 4.79 Å². The summed E-state index contributed by atoms with van der Waals surface area (Å²) >= 11 is 0. The number of nitrogens with two attached hydrogens (primary N) is 1. The fourth-order valence-corrected chi connectivity index (χ4v) is 3.48. The molecule has 0 radical (unpaired) electrons. The molecule has 0 spiro atoms. The molecule has 1 aliphatic heterocycles. The standard InChI is InChI=1S/C15H29N3O/c1-13-5-2-6-14(13)15(19)18-10-4-9-17(11-12-18)8-3-7-16/h13-14H,2-12,16H2,1H3. The van der Waals surface area contributed by atoms with Gasteiger partial charge in [-0.15, -0.1) is 0 Å². The van der Waals surface area contributed by atoms with Gasteiger partial charge in [-0.25, -0.2) is 0 Å². The molecule has 4 nitrogen and oxygen atoms in total. The second-order valence-corrected chi connectivity index (χ2v) is 6.18. The van der Waals surface area contributed by atoms with Crippen molar-refractivity contribution in [2.45, 2.75) is 39.0 Å². The number of nitrogens with zero attached hydrogens (tertiary/aromatic N) is 2. The molecule has 2 fully saturated rings. The van der Waals surface area contributed by atoms with Crippen LogP contribution in [0.25, 0.3) is 0 Å². The molecule has 0 aromatic carbocycles. The van der Waals surface area contributed by atoms with Crippen LogP contribution in [0.5, 0.6) is 0 Å². The van der Waals surface area contributed by atoms with E-state index in [1.807, 2.05) is 0 Å². The Morgan fingerprint density at radius 3 is 2.68 bits per heavy atom. The molecule has 1 saturated carbocycles. The molecule has 2 rings (SSSR count). The minimum absolute atomic E-state index is 0.301. The van der Waals surface area contributed by atoms with Gasteiger partial charge in [0.1, 0.15) is 0 Å². The van der Waals surface area contributed by atoms with E-state index in [9.17, 15) is 4.79 Å². The Morgan fingerprint density at radius 2 is 2.00 bits per heavy atom. The summed E-state index contributed by atoms with van der Waals surface area (Å²) in [7, 11) is 0. The molecule has 1 heterocycles. The highest BCUT2D eigenvalue weighted by Crippen LogP contribution is 2.32. The first-order valence-electron chi connectivity index (χ1n) is 7.93. The van der Waals surface area contributed by atoms with Gasteiger partial charge in [-0.05, 0) is 51.2 Å². The maximum absolute atomic E-state index is 12.6. The van der Waals surface area contributed by atoms with Gasteiger partial charge < -0.3 is 15.5 Å². The lowest BCUT2D eigenvalue weighted by atomic mass is 9.96. The van der Waals surface area contributed by atoms with Crippen LogP contribution in [0.4, 0.5) is 0 Å². The zero-order valence-corrected chi connectivity index (χ0v) is 12.3. The van der Waals surface area contributed by atoms with Crippen LogP contribution in [-0.4, -0.2) is 55.0 Å². The molecule has 2 N–H and O–H groups in total. The summed E-state index contributed by atoms with van der Waals surface area (Å²) in [6.45, 7) is 8.07. The normalized spacial score (nSPS) is 29.5. The highest BCUT2D eigenvalue weighted by Gasteiger charge is 2.33. The lowest BCUT2D eigenvalue weighted by Gasteiger charge is -2.26. The summed E-state index contributed by atoms with van der Waals surface area (Å²) in [6, 6.07) is 0. The third kappa shape index (κ3) is 3.93. The van der Waals surface area contributed by atoms with E-state index in [0.717, 1.165) is 58.5 Å². The van der Waals surface area contributed by atoms with Gasteiger partial charge in [-0.2, -0.15) is 0 Å². The highest BCUT2D eigenvalue weighted by molar-refractivity contribution is 5.79. The summed E-state index contributed by atoms with van der Waals surface area (Å²) in [5, 5.41) is 0. The predicted octanol–water partition coefficient (Wildman–Crippen LogP) is 1.31. The van der Waals surface area contributed by atoms with Gasteiger partial charge in [0.2, 0.25) is 5.91 Å². The van der Waals surface area contributed by atoms with Crippen LogP contribution in [-0.2, 0) is 4.79 Å². The molecule has 4 heteroatoms. The number of carbonyl (C=O) groups is 1. The third-order valence-electron chi connectivity index (χ3n) is 4.76. The zero-order valence-electron chi connectivity index (χ0n) is 12.3. The largest absolute Gasteiger partial charge is 0.341 e. The zero-order chi connectivity index (χ0) is 13.7. The lowest BCUT2D eigenvalue weighted by molar-refractivity contribution is -0.136. The monoisotopic (exact) mass is 267 g/mol. The Morgan fingerprint density at radius 1 is 1.16 bits per heavy atom. The summed E-state index contributed by atoms with van der Waals surface area (Å²) in [4.78, 5) is 17.1. The molecular weight excluding hydrogens is 238 g/mol. The van der Waals surface area contributed by atoms with E-state index in [-0.39, 0.29) is 0 Å². The molecule has 19 heavy (non-hydrogen) atoms. The van der Waals surface area contributed by atoms with Crippen molar-refractivity contribution in [3.05, 3.63) is 0 Å². The van der Waals surface area contributed by atoms with Gasteiger partial charge in [0, 0.05) is 25.6 Å². The van der Waals surface area contributed by atoms with Crippen molar-refractivity contribution >= 4 is 5.91 Å². The molecule has 1 amide bonds. The summed E-state index contributed by atoms with van der Waals surface area (Å²) in [6.07, 6.45) is 5.74. The molecule has 0 aromatic heterocycles. The van der Waals surface area contributed by atoms with E-state index >= 15 is 0 Å². The van der Waals surface area contributed by atoms with Gasteiger partial charge in [-0.1, -0.05) is 13.3 Å². The first kappa shape index (κ1) is 14.8. The van der Waals surface area contributed by atoms with Gasteiger partial charge >= 0.3 is 0 Å². The molecule has 0 aromatic rings. The molecule has 0 bridgehead atoms. The van der Waals surface area contributed by atoms with Crippen LogP contribution in [0.2, 0.25) is 0 Å². The van der Waals surface area contributed by atoms with Crippen LogP contribution >= 0.6 is 0 Å². The number of carbonyl (C=O) groups excluding carboxylic acids is 1. The average Bonchev–Trinajstić information content (AvgIpc) is 2.71. The number of hydrogen-bond donors (Lipinski definition) is 1. The topological polar surface area (TPSA) is 49.6 Å². The molecule has 1 aliphatic carbocycles. The maximum atomic E-state index is 12.6. The Bertz CT molecular complexity index is 295. The summed E-state index contributed by atoms with van der Waals surface area (Å²) in [5.74, 6) is 1.31. The average molecular weight is 267 g/mol. The Balaban J connectivity index is 1.83. The van der Waals surface area contributed by atoms with Gasteiger partial charge in [0.05, 0.1) is 0 Å². The van der Waals surface area contributed by atoms with Crippen LogP contribution in [0.1, 0.15) is 39.0 Å². The van der Waals surface area contributed by atoms with Crippen LogP contribution in [0.3, 0.4) is 0 Å². The fraction of sp³-hybridized carbons (Fsp3) is 0.933. The molecular formula is C15H29N3O. The molecule has 2 aliphatic rings. The highest BCUT2D eigenvalue weighted by atomic mass is 16.2. The van der Waals surface area contributed by atoms with Crippen molar-refractivity contribution in [2.75, 3.05) is 39.3 Å². The van der Waals surface area contributed by atoms with E-state index in [2.05, 4.69) is 16.7 Å². The second kappa shape index (κ2) is 7.25.